The number of aromatic nitrogens is 3. The highest BCUT2D eigenvalue weighted by atomic mass is 16.5. The Bertz CT molecular complexity index is 521. The Morgan fingerprint density at radius 3 is 2.65 bits per heavy atom. The highest BCUT2D eigenvalue weighted by molar-refractivity contribution is 5.27. The molecule has 0 saturated carbocycles. The van der Waals surface area contributed by atoms with Gasteiger partial charge in [0.15, 0.2) is 0 Å². The van der Waals surface area contributed by atoms with Gasteiger partial charge in [-0.1, -0.05) is 30.7 Å². The second-order valence-electron chi connectivity index (χ2n) is 4.81. The first-order chi connectivity index (χ1) is 9.72. The molecule has 5 nitrogen and oxygen atoms in total. The normalized spacial score (nSPS) is 12.3. The number of nitrogens with zero attached hydrogens (tertiary/aromatic N) is 3. The summed E-state index contributed by atoms with van der Waals surface area (Å²) in [5, 5.41) is 8.27. The topological polar surface area (TPSA) is 66.0 Å². The number of hydrogen-bond donors (Lipinski definition) is 1. The van der Waals surface area contributed by atoms with Gasteiger partial charge in [0.25, 0.3) is 0 Å². The SMILES string of the molecule is CCCC(N)c1cn(Cc2ccc(OCC)cc2)nn1. The Balaban J connectivity index is 1.99. The summed E-state index contributed by atoms with van der Waals surface area (Å²) in [5.74, 6) is 0.889. The van der Waals surface area contributed by atoms with E-state index in [0.29, 0.717) is 13.2 Å². The van der Waals surface area contributed by atoms with E-state index < -0.39 is 0 Å². The summed E-state index contributed by atoms with van der Waals surface area (Å²) in [6, 6.07) is 8.00. The summed E-state index contributed by atoms with van der Waals surface area (Å²) in [6.45, 7) is 5.47. The van der Waals surface area contributed by atoms with Crippen molar-refractivity contribution in [2.24, 2.45) is 5.73 Å². The molecule has 1 atom stereocenters. The van der Waals surface area contributed by atoms with Crippen LogP contribution in [0.4, 0.5) is 0 Å². The standard InChI is InChI=1S/C15H22N4O/c1-3-5-14(16)15-11-19(18-17-15)10-12-6-8-13(9-7-12)20-4-2/h6-9,11,14H,3-5,10,16H2,1-2H3. The molecular formula is C15H22N4O. The number of ether oxygens (including phenoxy) is 1. The lowest BCUT2D eigenvalue weighted by Gasteiger charge is -2.05. The fourth-order valence-corrected chi connectivity index (χ4v) is 2.06. The van der Waals surface area contributed by atoms with Gasteiger partial charge in [-0.15, -0.1) is 5.10 Å². The Kier molecular flexibility index (Phi) is 5.12. The zero-order valence-corrected chi connectivity index (χ0v) is 12.1. The van der Waals surface area contributed by atoms with Crippen LogP contribution in [0.1, 0.15) is 44.0 Å². The summed E-state index contributed by atoms with van der Waals surface area (Å²) >= 11 is 0. The molecule has 0 aliphatic heterocycles. The molecule has 20 heavy (non-hydrogen) atoms. The Morgan fingerprint density at radius 2 is 2.00 bits per heavy atom. The van der Waals surface area contributed by atoms with E-state index in [1.165, 1.54) is 0 Å². The molecule has 0 spiro atoms. The van der Waals surface area contributed by atoms with Crippen LogP contribution in [-0.2, 0) is 6.54 Å². The van der Waals surface area contributed by atoms with Gasteiger partial charge < -0.3 is 10.5 Å². The lowest BCUT2D eigenvalue weighted by Crippen LogP contribution is -2.10. The van der Waals surface area contributed by atoms with E-state index in [-0.39, 0.29) is 6.04 Å². The molecule has 108 valence electrons. The van der Waals surface area contributed by atoms with Crippen molar-refractivity contribution in [1.29, 1.82) is 0 Å². The zero-order chi connectivity index (χ0) is 14.4. The van der Waals surface area contributed by atoms with Gasteiger partial charge in [-0.2, -0.15) is 0 Å². The molecule has 2 aromatic rings. The third-order valence-corrected chi connectivity index (χ3v) is 3.11. The first-order valence-corrected chi connectivity index (χ1v) is 7.10. The summed E-state index contributed by atoms with van der Waals surface area (Å²) in [5.41, 5.74) is 8.05. The summed E-state index contributed by atoms with van der Waals surface area (Å²) in [7, 11) is 0. The van der Waals surface area contributed by atoms with Crippen molar-refractivity contribution in [3.05, 3.63) is 41.7 Å². The maximum Gasteiger partial charge on any atom is 0.119 e. The van der Waals surface area contributed by atoms with E-state index in [1.54, 1.807) is 0 Å². The molecule has 0 fully saturated rings. The number of nitrogens with two attached hydrogens (primary N) is 1. The Morgan fingerprint density at radius 1 is 1.25 bits per heavy atom. The highest BCUT2D eigenvalue weighted by Crippen LogP contribution is 2.15. The number of benzene rings is 1. The van der Waals surface area contributed by atoms with Crippen molar-refractivity contribution < 1.29 is 4.74 Å². The Labute approximate surface area is 119 Å². The summed E-state index contributed by atoms with van der Waals surface area (Å²) < 4.78 is 7.24. The monoisotopic (exact) mass is 274 g/mol. The van der Waals surface area contributed by atoms with Crippen LogP contribution < -0.4 is 10.5 Å². The lowest BCUT2D eigenvalue weighted by atomic mass is 10.1. The molecule has 0 bridgehead atoms. The molecule has 0 radical (unpaired) electrons. The minimum absolute atomic E-state index is 0.0194. The number of hydrogen-bond acceptors (Lipinski definition) is 4. The third-order valence-electron chi connectivity index (χ3n) is 3.11. The fourth-order valence-electron chi connectivity index (χ4n) is 2.06. The van der Waals surface area contributed by atoms with Crippen molar-refractivity contribution in [3.63, 3.8) is 0 Å². The van der Waals surface area contributed by atoms with Crippen LogP contribution in [0.15, 0.2) is 30.5 Å². The van der Waals surface area contributed by atoms with Crippen molar-refractivity contribution >= 4 is 0 Å². The average molecular weight is 274 g/mol. The predicted octanol–water partition coefficient (Wildman–Crippen LogP) is 2.53. The molecule has 0 saturated heterocycles. The van der Waals surface area contributed by atoms with Crippen molar-refractivity contribution in [2.45, 2.75) is 39.3 Å². The molecule has 1 unspecified atom stereocenters. The second-order valence-corrected chi connectivity index (χ2v) is 4.81. The largest absolute Gasteiger partial charge is 0.494 e. The van der Waals surface area contributed by atoms with Gasteiger partial charge in [-0.05, 0) is 31.0 Å². The third kappa shape index (κ3) is 3.81. The van der Waals surface area contributed by atoms with Crippen LogP contribution in [-0.4, -0.2) is 21.6 Å². The van der Waals surface area contributed by atoms with E-state index in [1.807, 2.05) is 42.1 Å². The van der Waals surface area contributed by atoms with Crippen LogP contribution >= 0.6 is 0 Å². The molecule has 1 heterocycles. The molecule has 0 aliphatic rings. The van der Waals surface area contributed by atoms with E-state index in [0.717, 1.165) is 29.8 Å². The maximum atomic E-state index is 6.03. The molecule has 2 N–H and O–H groups in total. The quantitative estimate of drug-likeness (QED) is 0.842. The van der Waals surface area contributed by atoms with Crippen molar-refractivity contribution in [2.75, 3.05) is 6.61 Å². The first-order valence-electron chi connectivity index (χ1n) is 7.10. The summed E-state index contributed by atoms with van der Waals surface area (Å²) in [4.78, 5) is 0. The second kappa shape index (κ2) is 7.05. The van der Waals surface area contributed by atoms with Gasteiger partial charge in [-0.25, -0.2) is 4.68 Å². The molecule has 2 rings (SSSR count). The summed E-state index contributed by atoms with van der Waals surface area (Å²) in [6.07, 6.45) is 3.91. The first kappa shape index (κ1) is 14.5. The maximum absolute atomic E-state index is 6.03. The Hall–Kier alpha value is -1.88. The van der Waals surface area contributed by atoms with Gasteiger partial charge in [0.2, 0.25) is 0 Å². The van der Waals surface area contributed by atoms with Crippen LogP contribution in [0.25, 0.3) is 0 Å². The van der Waals surface area contributed by atoms with Crippen LogP contribution in [0, 0.1) is 0 Å². The van der Waals surface area contributed by atoms with Crippen LogP contribution in [0.2, 0.25) is 0 Å². The van der Waals surface area contributed by atoms with E-state index in [2.05, 4.69) is 17.2 Å². The van der Waals surface area contributed by atoms with E-state index in [9.17, 15) is 0 Å². The molecule has 5 heteroatoms. The molecular weight excluding hydrogens is 252 g/mol. The molecule has 1 aromatic heterocycles. The fraction of sp³-hybridized carbons (Fsp3) is 0.467. The van der Waals surface area contributed by atoms with Gasteiger partial charge in [0.05, 0.1) is 31.1 Å². The van der Waals surface area contributed by atoms with Crippen LogP contribution in [0.5, 0.6) is 5.75 Å². The average Bonchev–Trinajstić information content (AvgIpc) is 2.90. The zero-order valence-electron chi connectivity index (χ0n) is 12.1. The minimum atomic E-state index is -0.0194. The van der Waals surface area contributed by atoms with Crippen LogP contribution in [0.3, 0.4) is 0 Å². The van der Waals surface area contributed by atoms with Gasteiger partial charge in [-0.3, -0.25) is 0 Å². The molecule has 0 aliphatic carbocycles. The highest BCUT2D eigenvalue weighted by Gasteiger charge is 2.09. The predicted molar refractivity (Wildman–Crippen MR) is 78.6 cm³/mol. The van der Waals surface area contributed by atoms with Gasteiger partial charge in [0.1, 0.15) is 5.75 Å². The minimum Gasteiger partial charge on any atom is -0.494 e. The van der Waals surface area contributed by atoms with Crippen molar-refractivity contribution in [3.8, 4) is 5.75 Å². The van der Waals surface area contributed by atoms with Gasteiger partial charge >= 0.3 is 0 Å². The molecule has 1 aromatic carbocycles. The van der Waals surface area contributed by atoms with Gasteiger partial charge in [0, 0.05) is 0 Å². The number of rotatable bonds is 7. The smallest absolute Gasteiger partial charge is 0.119 e. The van der Waals surface area contributed by atoms with E-state index >= 15 is 0 Å². The van der Waals surface area contributed by atoms with E-state index in [4.69, 9.17) is 10.5 Å². The lowest BCUT2D eigenvalue weighted by molar-refractivity contribution is 0.340. The van der Waals surface area contributed by atoms with Crippen molar-refractivity contribution in [1.82, 2.24) is 15.0 Å². The molecule has 0 amide bonds.